The molecule has 0 spiro atoms. The third-order valence-corrected chi connectivity index (χ3v) is 3.77. The Bertz CT molecular complexity index is 795. The summed E-state index contributed by atoms with van der Waals surface area (Å²) < 4.78 is 4.71. The second-order valence-corrected chi connectivity index (χ2v) is 5.13. The van der Waals surface area contributed by atoms with Crippen LogP contribution in [0.3, 0.4) is 0 Å². The van der Waals surface area contributed by atoms with Gasteiger partial charge in [0.05, 0.1) is 17.1 Å². The van der Waals surface area contributed by atoms with Gasteiger partial charge >= 0.3 is 0 Å². The maximum atomic E-state index is 5.46. The minimum atomic E-state index is 0.0375. The number of imidazole rings is 1. The number of hydrogen-bond donors (Lipinski definition) is 1. The molecule has 0 saturated heterocycles. The lowest BCUT2D eigenvalue weighted by atomic mass is 10.2. The molecule has 1 aromatic carbocycles. The normalized spacial score (nSPS) is 13.0. The molecular formula is C13H15N5S. The number of nitrogens with zero attached hydrogens (tertiary/aromatic N) is 4. The first kappa shape index (κ1) is 12.1. The summed E-state index contributed by atoms with van der Waals surface area (Å²) >= 11 is 5.46. The van der Waals surface area contributed by atoms with Crippen molar-refractivity contribution in [2.24, 2.45) is 7.05 Å². The van der Waals surface area contributed by atoms with Crippen molar-refractivity contribution in [3.8, 4) is 0 Å². The topological polar surface area (TPSA) is 51.4 Å². The Hall–Kier alpha value is -1.95. The standard InChI is InChI=1S/C13H15N5S/c1-8-5-4-6-10-11(8)15-13(19)18(10)9(2)12-16-14-7-17(12)3/h4-7,9H,1-3H3,(H,15,19). The van der Waals surface area contributed by atoms with Gasteiger partial charge in [0.25, 0.3) is 0 Å². The molecule has 1 N–H and O–H groups in total. The number of aromatic nitrogens is 5. The molecule has 0 aliphatic rings. The number of nitrogens with one attached hydrogen (secondary N) is 1. The number of rotatable bonds is 2. The van der Waals surface area contributed by atoms with Crippen molar-refractivity contribution >= 4 is 23.3 Å². The Kier molecular flexibility index (Phi) is 2.74. The van der Waals surface area contributed by atoms with E-state index in [1.165, 1.54) is 5.56 Å². The lowest BCUT2D eigenvalue weighted by Crippen LogP contribution is -2.12. The van der Waals surface area contributed by atoms with E-state index in [4.69, 9.17) is 12.2 Å². The fraction of sp³-hybridized carbons (Fsp3) is 0.308. The van der Waals surface area contributed by atoms with Gasteiger partial charge in [-0.3, -0.25) is 0 Å². The van der Waals surface area contributed by atoms with Gasteiger partial charge in [-0.2, -0.15) is 0 Å². The van der Waals surface area contributed by atoms with Gasteiger partial charge in [-0.15, -0.1) is 10.2 Å². The summed E-state index contributed by atoms with van der Waals surface area (Å²) in [7, 11) is 1.94. The minimum absolute atomic E-state index is 0.0375. The van der Waals surface area contributed by atoms with E-state index in [1.54, 1.807) is 6.33 Å². The number of aryl methyl sites for hydroxylation is 2. The summed E-state index contributed by atoms with van der Waals surface area (Å²) in [6, 6.07) is 6.22. The number of benzene rings is 1. The number of fused-ring (bicyclic) bond motifs is 1. The molecule has 6 heteroatoms. The highest BCUT2D eigenvalue weighted by atomic mass is 32.1. The van der Waals surface area contributed by atoms with Crippen molar-refractivity contribution < 1.29 is 0 Å². The van der Waals surface area contributed by atoms with Gasteiger partial charge in [0.1, 0.15) is 6.33 Å². The first-order chi connectivity index (χ1) is 9.09. The fourth-order valence-electron chi connectivity index (χ4n) is 2.46. The third kappa shape index (κ3) is 1.79. The minimum Gasteiger partial charge on any atom is -0.330 e. The molecule has 5 nitrogen and oxygen atoms in total. The van der Waals surface area contributed by atoms with Crippen molar-refractivity contribution in [2.75, 3.05) is 0 Å². The number of hydrogen-bond acceptors (Lipinski definition) is 3. The van der Waals surface area contributed by atoms with Crippen LogP contribution in [0.25, 0.3) is 11.0 Å². The van der Waals surface area contributed by atoms with Crippen molar-refractivity contribution in [3.63, 3.8) is 0 Å². The predicted molar refractivity (Wildman–Crippen MR) is 76.7 cm³/mol. The Morgan fingerprint density at radius 3 is 2.84 bits per heavy atom. The van der Waals surface area contributed by atoms with Crippen molar-refractivity contribution in [3.05, 3.63) is 40.7 Å². The maximum absolute atomic E-state index is 5.46. The SMILES string of the molecule is Cc1cccc2c1[nH]c(=S)n2C(C)c1nncn1C. The molecule has 0 fully saturated rings. The van der Waals surface area contributed by atoms with Crippen LogP contribution in [0.2, 0.25) is 0 Å². The van der Waals surface area contributed by atoms with Crippen LogP contribution in [0.1, 0.15) is 24.4 Å². The van der Waals surface area contributed by atoms with E-state index in [0.717, 1.165) is 16.9 Å². The van der Waals surface area contributed by atoms with E-state index in [-0.39, 0.29) is 6.04 Å². The molecule has 0 aliphatic carbocycles. The van der Waals surface area contributed by atoms with Crippen molar-refractivity contribution in [2.45, 2.75) is 19.9 Å². The van der Waals surface area contributed by atoms with Gasteiger partial charge in [-0.25, -0.2) is 0 Å². The molecule has 1 unspecified atom stereocenters. The molecule has 98 valence electrons. The monoisotopic (exact) mass is 273 g/mol. The maximum Gasteiger partial charge on any atom is 0.178 e. The van der Waals surface area contributed by atoms with Crippen LogP contribution < -0.4 is 0 Å². The molecule has 3 aromatic rings. The predicted octanol–water partition coefficient (Wildman–Crippen LogP) is 2.75. The van der Waals surface area contributed by atoms with E-state index in [9.17, 15) is 0 Å². The zero-order valence-corrected chi connectivity index (χ0v) is 11.9. The van der Waals surface area contributed by atoms with Gasteiger partial charge in [0.15, 0.2) is 10.6 Å². The molecule has 0 bridgehead atoms. The first-order valence-electron chi connectivity index (χ1n) is 6.13. The molecule has 2 heterocycles. The van der Waals surface area contributed by atoms with E-state index in [0.29, 0.717) is 4.77 Å². The zero-order valence-electron chi connectivity index (χ0n) is 11.1. The van der Waals surface area contributed by atoms with Crippen molar-refractivity contribution in [1.82, 2.24) is 24.3 Å². The van der Waals surface area contributed by atoms with Crippen molar-refractivity contribution in [1.29, 1.82) is 0 Å². The van der Waals surface area contributed by atoms with Crippen LogP contribution in [0.5, 0.6) is 0 Å². The Morgan fingerprint density at radius 1 is 1.37 bits per heavy atom. The summed E-state index contributed by atoms with van der Waals surface area (Å²) in [5.41, 5.74) is 3.37. The fourth-order valence-corrected chi connectivity index (χ4v) is 2.82. The molecular weight excluding hydrogens is 258 g/mol. The van der Waals surface area contributed by atoms with Crippen LogP contribution in [0.15, 0.2) is 24.5 Å². The molecule has 2 aromatic heterocycles. The average molecular weight is 273 g/mol. The number of aromatic amines is 1. The van der Waals surface area contributed by atoms with Crippen LogP contribution in [0, 0.1) is 11.7 Å². The summed E-state index contributed by atoms with van der Waals surface area (Å²) in [6.45, 7) is 4.15. The highest BCUT2D eigenvalue weighted by molar-refractivity contribution is 7.71. The van der Waals surface area contributed by atoms with Gasteiger partial charge in [0, 0.05) is 7.05 Å². The van der Waals surface area contributed by atoms with E-state index >= 15 is 0 Å². The van der Waals surface area contributed by atoms with Gasteiger partial charge in [-0.05, 0) is 37.7 Å². The van der Waals surface area contributed by atoms with Crippen LogP contribution in [-0.2, 0) is 7.05 Å². The third-order valence-electron chi connectivity index (χ3n) is 3.47. The Balaban J connectivity index is 2.26. The average Bonchev–Trinajstić information content (AvgIpc) is 2.93. The van der Waals surface area contributed by atoms with Gasteiger partial charge < -0.3 is 14.1 Å². The second-order valence-electron chi connectivity index (χ2n) is 4.75. The molecule has 0 amide bonds. The summed E-state index contributed by atoms with van der Waals surface area (Å²) in [4.78, 5) is 3.28. The number of H-pyrrole nitrogens is 1. The van der Waals surface area contributed by atoms with Gasteiger partial charge in [-0.1, -0.05) is 12.1 Å². The van der Waals surface area contributed by atoms with Gasteiger partial charge in [0.2, 0.25) is 0 Å². The molecule has 0 radical (unpaired) electrons. The highest BCUT2D eigenvalue weighted by Gasteiger charge is 2.17. The van der Waals surface area contributed by atoms with E-state index in [1.807, 2.05) is 17.7 Å². The van der Waals surface area contributed by atoms with Crippen LogP contribution >= 0.6 is 12.2 Å². The lowest BCUT2D eigenvalue weighted by molar-refractivity contribution is 0.581. The zero-order chi connectivity index (χ0) is 13.6. The summed E-state index contributed by atoms with van der Waals surface area (Å²) in [6.07, 6.45) is 1.70. The first-order valence-corrected chi connectivity index (χ1v) is 6.54. The summed E-state index contributed by atoms with van der Waals surface area (Å²) in [5, 5.41) is 8.11. The molecule has 1 atom stereocenters. The second kappa shape index (κ2) is 4.31. The Morgan fingerprint density at radius 2 is 2.16 bits per heavy atom. The molecule has 3 rings (SSSR count). The van der Waals surface area contributed by atoms with Crippen LogP contribution in [-0.4, -0.2) is 24.3 Å². The van der Waals surface area contributed by atoms with Crippen LogP contribution in [0.4, 0.5) is 0 Å². The summed E-state index contributed by atoms with van der Waals surface area (Å²) in [5.74, 6) is 0.888. The molecule has 0 saturated carbocycles. The van der Waals surface area contributed by atoms with E-state index < -0.39 is 0 Å². The molecule has 0 aliphatic heterocycles. The highest BCUT2D eigenvalue weighted by Crippen LogP contribution is 2.24. The largest absolute Gasteiger partial charge is 0.330 e. The lowest BCUT2D eigenvalue weighted by Gasteiger charge is -2.13. The van der Waals surface area contributed by atoms with E-state index in [2.05, 4.69) is 45.7 Å². The quantitative estimate of drug-likeness (QED) is 0.730. The number of para-hydroxylation sites is 1. The Labute approximate surface area is 115 Å². The molecule has 19 heavy (non-hydrogen) atoms. The smallest absolute Gasteiger partial charge is 0.178 e.